The predicted octanol–water partition coefficient (Wildman–Crippen LogP) is 2.47. The molecule has 0 radical (unpaired) electrons. The monoisotopic (exact) mass is 282 g/mol. The minimum absolute atomic E-state index is 0.0574. The van der Waals surface area contributed by atoms with Crippen molar-refractivity contribution < 1.29 is 22.7 Å². The maximum absolute atomic E-state index is 12.8. The highest BCUT2D eigenvalue weighted by Gasteiger charge is 2.49. The zero-order valence-corrected chi connectivity index (χ0v) is 10.1. The second kappa shape index (κ2) is 4.65. The molecule has 1 aliphatic rings. The van der Waals surface area contributed by atoms with Gasteiger partial charge in [0, 0.05) is 5.69 Å². The summed E-state index contributed by atoms with van der Waals surface area (Å²) < 4.78 is 43.2. The number of rotatable bonds is 3. The van der Waals surface area contributed by atoms with E-state index < -0.39 is 28.8 Å². The molecule has 1 atom stereocenters. The summed E-state index contributed by atoms with van der Waals surface area (Å²) in [5.74, 6) is -0.592. The lowest BCUT2D eigenvalue weighted by Crippen LogP contribution is -2.29. The minimum atomic E-state index is -4.67. The molecule has 0 saturated carbocycles. The lowest BCUT2D eigenvalue weighted by molar-refractivity contribution is -0.137. The van der Waals surface area contributed by atoms with Crippen molar-refractivity contribution in [2.24, 2.45) is 0 Å². The van der Waals surface area contributed by atoms with Crippen LogP contribution in [0.2, 0.25) is 0 Å². The van der Waals surface area contributed by atoms with Gasteiger partial charge >= 0.3 is 6.18 Å². The Hall–Kier alpha value is -2.33. The van der Waals surface area contributed by atoms with E-state index in [4.69, 9.17) is 10.00 Å². The van der Waals surface area contributed by atoms with Crippen LogP contribution in [-0.2, 0) is 15.7 Å². The molecule has 1 aromatic rings. The van der Waals surface area contributed by atoms with Crippen molar-refractivity contribution in [3.63, 3.8) is 0 Å². The van der Waals surface area contributed by atoms with E-state index >= 15 is 0 Å². The number of epoxide rings is 1. The average Bonchev–Trinajstić information content (AvgIpc) is 3.18. The first-order chi connectivity index (χ1) is 9.32. The number of halogens is 3. The number of nitrogens with one attached hydrogen (secondary N) is 1. The predicted molar refractivity (Wildman–Crippen MR) is 63.7 cm³/mol. The van der Waals surface area contributed by atoms with Crippen LogP contribution in [0.25, 0.3) is 0 Å². The molecule has 1 saturated heterocycles. The Morgan fingerprint density at radius 3 is 2.65 bits per heavy atom. The van der Waals surface area contributed by atoms with Gasteiger partial charge in [0.05, 0.1) is 23.8 Å². The van der Waals surface area contributed by atoms with Crippen LogP contribution in [0.4, 0.5) is 18.9 Å². The van der Waals surface area contributed by atoms with Crippen LogP contribution >= 0.6 is 0 Å². The fraction of sp³-hybridized carbons (Fsp3) is 0.231. The fourth-order valence-electron chi connectivity index (χ4n) is 1.61. The number of nitrogens with zero attached hydrogens (tertiary/aromatic N) is 1. The zero-order chi connectivity index (χ0) is 15.0. The molecule has 0 spiro atoms. The van der Waals surface area contributed by atoms with Crippen LogP contribution in [-0.4, -0.2) is 18.1 Å². The van der Waals surface area contributed by atoms with E-state index in [0.717, 1.165) is 12.1 Å². The highest BCUT2D eigenvalue weighted by atomic mass is 19.4. The van der Waals surface area contributed by atoms with Crippen LogP contribution in [0, 0.1) is 11.3 Å². The van der Waals surface area contributed by atoms with Gasteiger partial charge in [-0.05, 0) is 24.3 Å². The van der Waals surface area contributed by atoms with Gasteiger partial charge in [0.1, 0.15) is 0 Å². The van der Waals surface area contributed by atoms with E-state index in [2.05, 4.69) is 11.9 Å². The van der Waals surface area contributed by atoms with Gasteiger partial charge in [-0.15, -0.1) is 0 Å². The van der Waals surface area contributed by atoms with Crippen molar-refractivity contribution in [1.82, 2.24) is 0 Å². The lowest BCUT2D eigenvalue weighted by atomic mass is 10.1. The molecule has 1 fully saturated rings. The van der Waals surface area contributed by atoms with Crippen LogP contribution in [0.5, 0.6) is 0 Å². The summed E-state index contributed by atoms with van der Waals surface area (Å²) in [5.41, 5.74) is -2.82. The molecule has 1 N–H and O–H groups in total. The number of hydrogen-bond donors (Lipinski definition) is 1. The molecule has 7 heteroatoms. The summed E-state index contributed by atoms with van der Waals surface area (Å²) in [6.07, 6.45) is -3.38. The van der Waals surface area contributed by atoms with E-state index in [0.29, 0.717) is 0 Å². The van der Waals surface area contributed by atoms with Gasteiger partial charge < -0.3 is 10.1 Å². The standard InChI is InChI=1S/C13H9F3N2O2/c1-2-12(7-20-12)11(19)18-9-4-3-8(6-17)10(5-9)13(14,15)16/h2-5H,1,7H2,(H,18,19)/t12-/m0/s1. The van der Waals surface area contributed by atoms with Crippen molar-refractivity contribution in [2.75, 3.05) is 11.9 Å². The van der Waals surface area contributed by atoms with E-state index in [1.165, 1.54) is 18.2 Å². The third kappa shape index (κ3) is 2.51. The molecule has 0 bridgehead atoms. The highest BCUT2D eigenvalue weighted by Crippen LogP contribution is 2.34. The van der Waals surface area contributed by atoms with Gasteiger partial charge in [-0.2, -0.15) is 18.4 Å². The summed E-state index contributed by atoms with van der Waals surface area (Å²) in [7, 11) is 0. The number of ether oxygens (including phenoxy) is 1. The van der Waals surface area contributed by atoms with Crippen LogP contribution < -0.4 is 5.32 Å². The fourth-order valence-corrected chi connectivity index (χ4v) is 1.61. The normalized spacial score (nSPS) is 20.9. The van der Waals surface area contributed by atoms with Gasteiger partial charge in [0.15, 0.2) is 5.60 Å². The van der Waals surface area contributed by atoms with Gasteiger partial charge in [-0.1, -0.05) is 6.58 Å². The van der Waals surface area contributed by atoms with Gasteiger partial charge in [0.2, 0.25) is 0 Å². The Kier molecular flexibility index (Phi) is 3.28. The molecule has 20 heavy (non-hydrogen) atoms. The van der Waals surface area contributed by atoms with E-state index in [1.807, 2.05) is 0 Å². The summed E-state index contributed by atoms with van der Waals surface area (Å²) in [6, 6.07) is 4.41. The second-order valence-electron chi connectivity index (χ2n) is 4.21. The maximum atomic E-state index is 12.8. The molecule has 0 unspecified atom stereocenters. The third-order valence-corrected chi connectivity index (χ3v) is 2.87. The van der Waals surface area contributed by atoms with E-state index in [1.54, 1.807) is 0 Å². The average molecular weight is 282 g/mol. The van der Waals surface area contributed by atoms with Gasteiger partial charge in [0.25, 0.3) is 5.91 Å². The van der Waals surface area contributed by atoms with E-state index in [-0.39, 0.29) is 12.3 Å². The summed E-state index contributed by atoms with van der Waals surface area (Å²) >= 11 is 0. The number of carbonyl (C=O) groups is 1. The summed E-state index contributed by atoms with van der Waals surface area (Å²) in [4.78, 5) is 11.8. The molecule has 2 rings (SSSR count). The molecule has 104 valence electrons. The Labute approximate surface area is 112 Å². The van der Waals surface area contributed by atoms with Crippen molar-refractivity contribution in [3.05, 3.63) is 42.0 Å². The zero-order valence-electron chi connectivity index (χ0n) is 10.1. The van der Waals surface area contributed by atoms with Crippen LogP contribution in [0.15, 0.2) is 30.9 Å². The topological polar surface area (TPSA) is 65.4 Å². The van der Waals surface area contributed by atoms with Crippen LogP contribution in [0.3, 0.4) is 0 Å². The van der Waals surface area contributed by atoms with Crippen LogP contribution in [0.1, 0.15) is 11.1 Å². The lowest BCUT2D eigenvalue weighted by Gasteiger charge is -2.12. The molecule has 0 aromatic heterocycles. The molecule has 1 aliphatic heterocycles. The number of carbonyl (C=O) groups excluding carboxylic acids is 1. The molecule has 1 amide bonds. The number of hydrogen-bond acceptors (Lipinski definition) is 3. The molecule has 1 aromatic carbocycles. The number of alkyl halides is 3. The van der Waals surface area contributed by atoms with Gasteiger partial charge in [-0.3, -0.25) is 4.79 Å². The van der Waals surface area contributed by atoms with E-state index in [9.17, 15) is 18.0 Å². The summed E-state index contributed by atoms with van der Waals surface area (Å²) in [6.45, 7) is 3.58. The Balaban J connectivity index is 2.29. The van der Waals surface area contributed by atoms with Crippen molar-refractivity contribution >= 4 is 11.6 Å². The van der Waals surface area contributed by atoms with Crippen molar-refractivity contribution in [3.8, 4) is 6.07 Å². The molecule has 4 nitrogen and oxygen atoms in total. The first-order valence-corrected chi connectivity index (χ1v) is 5.53. The Morgan fingerprint density at radius 1 is 1.55 bits per heavy atom. The molecule has 0 aliphatic carbocycles. The first-order valence-electron chi connectivity index (χ1n) is 5.53. The smallest absolute Gasteiger partial charge is 0.355 e. The largest absolute Gasteiger partial charge is 0.417 e. The summed E-state index contributed by atoms with van der Waals surface area (Å²) in [5, 5.41) is 11.0. The number of anilines is 1. The quantitative estimate of drug-likeness (QED) is 0.684. The van der Waals surface area contributed by atoms with Gasteiger partial charge in [-0.25, -0.2) is 0 Å². The number of amides is 1. The first kappa shape index (κ1) is 14.1. The highest BCUT2D eigenvalue weighted by molar-refractivity contribution is 6.00. The van der Waals surface area contributed by atoms with Crippen molar-refractivity contribution in [1.29, 1.82) is 5.26 Å². The van der Waals surface area contributed by atoms with Crippen molar-refractivity contribution in [2.45, 2.75) is 11.8 Å². The minimum Gasteiger partial charge on any atom is -0.355 e. The second-order valence-corrected chi connectivity index (χ2v) is 4.21. The maximum Gasteiger partial charge on any atom is 0.417 e. The third-order valence-electron chi connectivity index (χ3n) is 2.87. The number of benzene rings is 1. The molecular weight excluding hydrogens is 273 g/mol. The molecule has 1 heterocycles. The number of nitriles is 1. The Bertz CT molecular complexity index is 613. The SMILES string of the molecule is C=C[C@@]1(C(=O)Nc2ccc(C#N)c(C(F)(F)F)c2)CO1. The molecular formula is C13H9F3N2O2. The Morgan fingerprint density at radius 2 is 2.20 bits per heavy atom.